The molecule has 0 aliphatic carbocycles. The van der Waals surface area contributed by atoms with Gasteiger partial charge >= 0.3 is 0 Å². The lowest BCUT2D eigenvalue weighted by Gasteiger charge is -2.11. The van der Waals surface area contributed by atoms with Crippen LogP contribution in [0.25, 0.3) is 65.3 Å². The lowest BCUT2D eigenvalue weighted by molar-refractivity contribution is 1.23. The van der Waals surface area contributed by atoms with E-state index in [9.17, 15) is 0 Å². The summed E-state index contributed by atoms with van der Waals surface area (Å²) in [6.45, 7) is 0. The van der Waals surface area contributed by atoms with E-state index in [0.717, 1.165) is 11.4 Å². The molecule has 0 unspecified atom stereocenters. The molecule has 0 saturated heterocycles. The van der Waals surface area contributed by atoms with E-state index in [1.54, 1.807) is 0 Å². The van der Waals surface area contributed by atoms with Crippen molar-refractivity contribution in [2.24, 2.45) is 10.2 Å². The number of fused-ring (bicyclic) bond motifs is 6. The van der Waals surface area contributed by atoms with Crippen LogP contribution in [0.15, 0.2) is 168 Å². The molecule has 0 atom stereocenters. The molecule has 2 nitrogen and oxygen atoms in total. The average molecular weight is 535 g/mol. The molecule has 0 amide bonds. The summed E-state index contributed by atoms with van der Waals surface area (Å²) in [5, 5.41) is 19.2. The van der Waals surface area contributed by atoms with Gasteiger partial charge in [0.1, 0.15) is 0 Å². The van der Waals surface area contributed by atoms with Crippen molar-refractivity contribution in [2.75, 3.05) is 0 Å². The lowest BCUT2D eigenvalue weighted by atomic mass is 9.93. The molecular weight excluding hydrogens is 508 g/mol. The zero-order valence-electron chi connectivity index (χ0n) is 22.9. The van der Waals surface area contributed by atoms with Crippen molar-refractivity contribution in [1.29, 1.82) is 0 Å². The first-order valence-corrected chi connectivity index (χ1v) is 14.3. The quantitative estimate of drug-likeness (QED) is 0.158. The van der Waals surface area contributed by atoms with E-state index < -0.39 is 0 Å². The van der Waals surface area contributed by atoms with Crippen molar-refractivity contribution in [1.82, 2.24) is 0 Å². The van der Waals surface area contributed by atoms with E-state index in [1.165, 1.54) is 65.3 Å². The van der Waals surface area contributed by atoms with Crippen LogP contribution >= 0.6 is 0 Å². The van der Waals surface area contributed by atoms with Crippen molar-refractivity contribution in [2.45, 2.75) is 0 Å². The molecule has 0 bridgehead atoms. The van der Waals surface area contributed by atoms with Crippen LogP contribution in [0.1, 0.15) is 0 Å². The first-order valence-electron chi connectivity index (χ1n) is 14.3. The van der Waals surface area contributed by atoms with Gasteiger partial charge in [0.05, 0.1) is 11.4 Å². The fourth-order valence-electron chi connectivity index (χ4n) is 6.12. The van der Waals surface area contributed by atoms with Crippen LogP contribution < -0.4 is 0 Å². The van der Waals surface area contributed by atoms with Gasteiger partial charge in [0, 0.05) is 0 Å². The second-order valence-corrected chi connectivity index (χ2v) is 10.7. The maximum Gasteiger partial charge on any atom is 0.0857 e. The van der Waals surface area contributed by atoms with Crippen molar-refractivity contribution in [3.05, 3.63) is 158 Å². The van der Waals surface area contributed by atoms with E-state index >= 15 is 0 Å². The molecule has 2 heteroatoms. The summed E-state index contributed by atoms with van der Waals surface area (Å²) in [5.74, 6) is 0. The first kappa shape index (κ1) is 24.2. The normalized spacial score (nSPS) is 11.7. The molecule has 0 saturated carbocycles. The van der Waals surface area contributed by atoms with Crippen molar-refractivity contribution < 1.29 is 0 Å². The maximum absolute atomic E-state index is 4.54. The Kier molecular flexibility index (Phi) is 5.82. The van der Waals surface area contributed by atoms with Crippen LogP contribution in [-0.4, -0.2) is 0 Å². The third-order valence-corrected chi connectivity index (χ3v) is 8.17. The van der Waals surface area contributed by atoms with E-state index in [2.05, 4.69) is 144 Å². The van der Waals surface area contributed by atoms with Crippen LogP contribution in [0.5, 0.6) is 0 Å². The van der Waals surface area contributed by atoms with Crippen molar-refractivity contribution >= 4 is 54.5 Å². The number of rotatable bonds is 4. The molecule has 196 valence electrons. The van der Waals surface area contributed by atoms with E-state index in [4.69, 9.17) is 0 Å². The Morgan fingerprint density at radius 2 is 0.619 bits per heavy atom. The second kappa shape index (κ2) is 10.1. The molecule has 0 spiro atoms. The summed E-state index contributed by atoms with van der Waals surface area (Å²) in [6, 6.07) is 55.7. The van der Waals surface area contributed by atoms with Crippen LogP contribution in [0, 0.1) is 0 Å². The predicted octanol–water partition coefficient (Wildman–Crippen LogP) is 12.0. The molecule has 8 aromatic carbocycles. The Labute approximate surface area is 244 Å². The Morgan fingerprint density at radius 1 is 0.286 bits per heavy atom. The Balaban J connectivity index is 1.09. The summed E-state index contributed by atoms with van der Waals surface area (Å²) in [7, 11) is 0. The third kappa shape index (κ3) is 4.22. The van der Waals surface area contributed by atoms with Gasteiger partial charge in [-0.2, -0.15) is 10.2 Å². The minimum atomic E-state index is 0.827. The fourth-order valence-corrected chi connectivity index (χ4v) is 6.12. The molecule has 0 aliphatic heterocycles. The molecule has 0 N–H and O–H groups in total. The minimum Gasteiger partial charge on any atom is -0.151 e. The third-order valence-electron chi connectivity index (χ3n) is 8.17. The minimum absolute atomic E-state index is 0.827. The van der Waals surface area contributed by atoms with Gasteiger partial charge in [0.15, 0.2) is 0 Å². The van der Waals surface area contributed by atoms with Gasteiger partial charge in [0.2, 0.25) is 0 Å². The second-order valence-electron chi connectivity index (χ2n) is 10.7. The van der Waals surface area contributed by atoms with Gasteiger partial charge in [-0.25, -0.2) is 0 Å². The summed E-state index contributed by atoms with van der Waals surface area (Å²) >= 11 is 0. The highest BCUT2D eigenvalue weighted by atomic mass is 15.1. The number of hydrogen-bond acceptors (Lipinski definition) is 2. The van der Waals surface area contributed by atoms with Crippen molar-refractivity contribution in [3.63, 3.8) is 0 Å². The molecule has 0 aliphatic rings. The molecule has 8 aromatic rings. The monoisotopic (exact) mass is 534 g/mol. The standard InChI is InChI=1S/C40H26N2/c1-3-11-33-29(9-1)25-39(37-15-7-5-13-35(33)37)27-17-21-31(22-18-27)41-42-32-23-19-28(20-24-32)40-26-30-10-2-4-12-34(30)36-14-6-8-16-38(36)40/h1-26H. The van der Waals surface area contributed by atoms with Gasteiger partial charge in [0.25, 0.3) is 0 Å². The molecule has 0 aromatic heterocycles. The van der Waals surface area contributed by atoms with Crippen LogP contribution in [-0.2, 0) is 0 Å². The highest BCUT2D eigenvalue weighted by Crippen LogP contribution is 2.37. The van der Waals surface area contributed by atoms with E-state index in [-0.39, 0.29) is 0 Å². The molecule has 0 radical (unpaired) electrons. The summed E-state index contributed by atoms with van der Waals surface area (Å²) in [6.07, 6.45) is 0. The lowest BCUT2D eigenvalue weighted by Crippen LogP contribution is -1.84. The zero-order chi connectivity index (χ0) is 27.9. The van der Waals surface area contributed by atoms with Gasteiger partial charge in [-0.1, -0.05) is 121 Å². The largest absolute Gasteiger partial charge is 0.151 e. The molecule has 0 heterocycles. The van der Waals surface area contributed by atoms with Gasteiger partial charge in [-0.3, -0.25) is 0 Å². The summed E-state index contributed by atoms with van der Waals surface area (Å²) in [4.78, 5) is 0. The fraction of sp³-hybridized carbons (Fsp3) is 0. The molecular formula is C40H26N2. The van der Waals surface area contributed by atoms with E-state index in [1.807, 2.05) is 24.3 Å². The molecule has 0 fully saturated rings. The first-order chi connectivity index (χ1) is 20.8. The van der Waals surface area contributed by atoms with Gasteiger partial charge < -0.3 is 0 Å². The smallest absolute Gasteiger partial charge is 0.0857 e. The van der Waals surface area contributed by atoms with E-state index in [0.29, 0.717) is 0 Å². The van der Waals surface area contributed by atoms with Crippen LogP contribution in [0.4, 0.5) is 11.4 Å². The number of hydrogen-bond donors (Lipinski definition) is 0. The Morgan fingerprint density at radius 3 is 1.02 bits per heavy atom. The van der Waals surface area contributed by atoms with Gasteiger partial charge in [-0.05, 0) is 102 Å². The predicted molar refractivity (Wildman–Crippen MR) is 178 cm³/mol. The highest BCUT2D eigenvalue weighted by Gasteiger charge is 2.10. The Bertz CT molecular complexity index is 2110. The number of azo groups is 1. The molecule has 8 rings (SSSR count). The summed E-state index contributed by atoms with van der Waals surface area (Å²) in [5.41, 5.74) is 6.45. The number of nitrogens with zero attached hydrogens (tertiary/aromatic N) is 2. The zero-order valence-corrected chi connectivity index (χ0v) is 22.9. The molecule has 42 heavy (non-hydrogen) atoms. The Hall–Kier alpha value is -5.60. The topological polar surface area (TPSA) is 24.7 Å². The van der Waals surface area contributed by atoms with Crippen LogP contribution in [0.2, 0.25) is 0 Å². The number of benzene rings is 8. The van der Waals surface area contributed by atoms with Gasteiger partial charge in [-0.15, -0.1) is 0 Å². The average Bonchev–Trinajstić information content (AvgIpc) is 3.07. The maximum atomic E-state index is 4.54. The van der Waals surface area contributed by atoms with Crippen molar-refractivity contribution in [3.8, 4) is 22.3 Å². The SMILES string of the molecule is c1ccc2c(c1)cc(-c1ccc(N=Nc3ccc(-c4cc5ccccc5c5ccccc45)cc3)cc1)c1ccccc12. The highest BCUT2D eigenvalue weighted by molar-refractivity contribution is 6.14. The summed E-state index contributed by atoms with van der Waals surface area (Å²) < 4.78 is 0. The van der Waals surface area contributed by atoms with Crippen LogP contribution in [0.3, 0.4) is 0 Å².